The van der Waals surface area contributed by atoms with E-state index in [1.807, 2.05) is 0 Å². The van der Waals surface area contributed by atoms with E-state index >= 15 is 0 Å². The SMILES string of the molecule is N=C/C(=C\C(N)=O)C(=O)N[C@@]1(C(=O)NCc2ncc(Nc3ccc(F)cc3C(F)(F)F)cc2F)CCOC1. The highest BCUT2D eigenvalue weighted by molar-refractivity contribution is 6.16. The second-order valence-electron chi connectivity index (χ2n) is 8.13. The van der Waals surface area contributed by atoms with Gasteiger partial charge in [0.2, 0.25) is 11.8 Å². The fourth-order valence-electron chi connectivity index (χ4n) is 3.53. The van der Waals surface area contributed by atoms with Gasteiger partial charge in [-0.05, 0) is 18.2 Å². The fourth-order valence-corrected chi connectivity index (χ4v) is 3.53. The first-order chi connectivity index (χ1) is 17.8. The smallest absolute Gasteiger partial charge is 0.378 e. The van der Waals surface area contributed by atoms with Gasteiger partial charge in [0.15, 0.2) is 0 Å². The molecule has 1 aliphatic heterocycles. The van der Waals surface area contributed by atoms with Gasteiger partial charge in [-0.15, -0.1) is 0 Å². The lowest BCUT2D eigenvalue weighted by Gasteiger charge is -2.27. The molecule has 15 heteroatoms. The number of nitrogens with two attached hydrogens (primary N) is 1. The van der Waals surface area contributed by atoms with Crippen molar-refractivity contribution in [1.82, 2.24) is 15.6 Å². The van der Waals surface area contributed by atoms with Crippen LogP contribution in [0.3, 0.4) is 0 Å². The molecule has 38 heavy (non-hydrogen) atoms. The molecule has 0 unspecified atom stereocenters. The molecular formula is C23H21F5N6O4. The fraction of sp³-hybridized carbons (Fsp3) is 0.261. The molecule has 10 nitrogen and oxygen atoms in total. The van der Waals surface area contributed by atoms with Gasteiger partial charge in [0, 0.05) is 31.4 Å². The molecule has 1 aromatic heterocycles. The third kappa shape index (κ3) is 6.67. The van der Waals surface area contributed by atoms with E-state index in [1.54, 1.807) is 0 Å². The molecule has 0 aliphatic carbocycles. The van der Waals surface area contributed by atoms with E-state index in [1.165, 1.54) is 0 Å². The number of aromatic nitrogens is 1. The van der Waals surface area contributed by atoms with E-state index < -0.39 is 64.4 Å². The van der Waals surface area contributed by atoms with Crippen molar-refractivity contribution < 1.29 is 41.1 Å². The second-order valence-corrected chi connectivity index (χ2v) is 8.13. The van der Waals surface area contributed by atoms with Crippen LogP contribution in [-0.2, 0) is 31.8 Å². The number of nitrogens with one attached hydrogen (secondary N) is 4. The standard InChI is InChI=1S/C23H21F5N6O4/c24-13-1-2-17(15(6-13)23(26,27)28)33-14-7-16(25)18(31-9-14)10-32-21(37)22(3-4-38-11-22)34-20(36)12(8-29)5-19(30)35/h1-2,5-9,29,33H,3-4,10-11H2,(H2,30,35)(H,32,37)(H,34,36)/b12-5+,29-8?/t22-/m0/s1. The zero-order valence-corrected chi connectivity index (χ0v) is 19.4. The maximum atomic E-state index is 14.7. The Bertz CT molecular complexity index is 1290. The lowest BCUT2D eigenvalue weighted by atomic mass is 9.96. The number of hydrogen-bond donors (Lipinski definition) is 5. The summed E-state index contributed by atoms with van der Waals surface area (Å²) in [6, 6.07) is 2.80. The highest BCUT2D eigenvalue weighted by atomic mass is 19.4. The molecular weight excluding hydrogens is 519 g/mol. The van der Waals surface area contributed by atoms with Gasteiger partial charge in [-0.2, -0.15) is 13.2 Å². The lowest BCUT2D eigenvalue weighted by molar-refractivity contribution is -0.137. The number of alkyl halides is 3. The van der Waals surface area contributed by atoms with Crippen molar-refractivity contribution in [3.8, 4) is 0 Å². The van der Waals surface area contributed by atoms with Crippen LogP contribution in [-0.4, -0.2) is 47.7 Å². The minimum absolute atomic E-state index is 0.0321. The van der Waals surface area contributed by atoms with Gasteiger partial charge in [-0.25, -0.2) is 8.78 Å². The summed E-state index contributed by atoms with van der Waals surface area (Å²) in [6.45, 7) is -0.602. The van der Waals surface area contributed by atoms with Crippen LogP contribution in [0.4, 0.5) is 33.3 Å². The first-order valence-electron chi connectivity index (χ1n) is 10.8. The molecule has 0 spiro atoms. The van der Waals surface area contributed by atoms with Crippen molar-refractivity contribution in [2.75, 3.05) is 18.5 Å². The molecule has 0 radical (unpaired) electrons. The molecule has 1 aliphatic rings. The van der Waals surface area contributed by atoms with Crippen LogP contribution in [0, 0.1) is 17.0 Å². The predicted octanol–water partition coefficient (Wildman–Crippen LogP) is 2.07. The quantitative estimate of drug-likeness (QED) is 0.186. The maximum Gasteiger partial charge on any atom is 0.418 e. The van der Waals surface area contributed by atoms with E-state index in [2.05, 4.69) is 20.9 Å². The van der Waals surface area contributed by atoms with Gasteiger partial charge < -0.3 is 31.8 Å². The Labute approximate surface area is 211 Å². The highest BCUT2D eigenvalue weighted by Crippen LogP contribution is 2.36. The molecule has 2 aromatic rings. The molecule has 0 bridgehead atoms. The molecule has 1 saturated heterocycles. The Morgan fingerprint density at radius 2 is 1.95 bits per heavy atom. The summed E-state index contributed by atoms with van der Waals surface area (Å²) >= 11 is 0. The van der Waals surface area contributed by atoms with Crippen molar-refractivity contribution in [2.24, 2.45) is 5.73 Å². The summed E-state index contributed by atoms with van der Waals surface area (Å²) in [5.41, 5.74) is 0.766. The molecule has 1 atom stereocenters. The summed E-state index contributed by atoms with van der Waals surface area (Å²) in [6.07, 6.45) is -2.52. The largest absolute Gasteiger partial charge is 0.418 e. The normalized spacial score (nSPS) is 17.6. The Kier molecular flexibility index (Phi) is 8.40. The highest BCUT2D eigenvalue weighted by Gasteiger charge is 2.44. The van der Waals surface area contributed by atoms with E-state index in [9.17, 15) is 36.3 Å². The number of amides is 3. The third-order valence-electron chi connectivity index (χ3n) is 5.42. The summed E-state index contributed by atoms with van der Waals surface area (Å²) in [5, 5.41) is 14.4. The van der Waals surface area contributed by atoms with Gasteiger partial charge in [-0.3, -0.25) is 19.4 Å². The van der Waals surface area contributed by atoms with Gasteiger partial charge >= 0.3 is 6.18 Å². The summed E-state index contributed by atoms with van der Waals surface area (Å²) in [4.78, 5) is 40.3. The monoisotopic (exact) mass is 540 g/mol. The number of pyridine rings is 1. The molecule has 1 aromatic carbocycles. The third-order valence-corrected chi connectivity index (χ3v) is 5.42. The molecule has 6 N–H and O–H groups in total. The summed E-state index contributed by atoms with van der Waals surface area (Å²) in [5.74, 6) is -4.75. The van der Waals surface area contributed by atoms with Crippen molar-refractivity contribution in [3.63, 3.8) is 0 Å². The van der Waals surface area contributed by atoms with Crippen LogP contribution in [0.15, 0.2) is 42.1 Å². The zero-order valence-electron chi connectivity index (χ0n) is 19.4. The van der Waals surface area contributed by atoms with Crippen molar-refractivity contribution in [2.45, 2.75) is 24.7 Å². The average molecular weight is 540 g/mol. The van der Waals surface area contributed by atoms with Gasteiger partial charge in [-0.1, -0.05) is 0 Å². The Morgan fingerprint density at radius 1 is 1.21 bits per heavy atom. The Balaban J connectivity index is 1.72. The number of benzene rings is 1. The number of halogens is 5. The lowest BCUT2D eigenvalue weighted by Crippen LogP contribution is -2.59. The van der Waals surface area contributed by atoms with Crippen LogP contribution in [0.5, 0.6) is 0 Å². The van der Waals surface area contributed by atoms with E-state index in [-0.39, 0.29) is 31.0 Å². The van der Waals surface area contributed by atoms with Crippen LogP contribution < -0.4 is 21.7 Å². The predicted molar refractivity (Wildman–Crippen MR) is 123 cm³/mol. The first kappa shape index (κ1) is 28.2. The molecule has 3 amide bonds. The van der Waals surface area contributed by atoms with Crippen LogP contribution >= 0.6 is 0 Å². The summed E-state index contributed by atoms with van der Waals surface area (Å²) in [7, 11) is 0. The van der Waals surface area contributed by atoms with Crippen molar-refractivity contribution in [3.05, 3.63) is 65.0 Å². The van der Waals surface area contributed by atoms with Gasteiger partial charge in [0.1, 0.15) is 17.2 Å². The number of anilines is 2. The number of ether oxygens (including phenoxy) is 1. The van der Waals surface area contributed by atoms with Crippen LogP contribution in [0.25, 0.3) is 0 Å². The Morgan fingerprint density at radius 3 is 2.53 bits per heavy atom. The minimum atomic E-state index is -4.87. The topological polar surface area (TPSA) is 159 Å². The van der Waals surface area contributed by atoms with Crippen LogP contribution in [0.2, 0.25) is 0 Å². The number of nitrogens with zero attached hydrogens (tertiary/aromatic N) is 1. The summed E-state index contributed by atoms with van der Waals surface area (Å²) < 4.78 is 72.8. The van der Waals surface area contributed by atoms with Gasteiger partial charge in [0.25, 0.3) is 5.91 Å². The molecule has 0 saturated carbocycles. The molecule has 2 heterocycles. The van der Waals surface area contributed by atoms with Crippen LogP contribution in [0.1, 0.15) is 17.7 Å². The minimum Gasteiger partial charge on any atom is -0.378 e. The zero-order chi connectivity index (χ0) is 28.1. The van der Waals surface area contributed by atoms with E-state index in [0.717, 1.165) is 24.4 Å². The van der Waals surface area contributed by atoms with Gasteiger partial charge in [0.05, 0.1) is 47.6 Å². The molecule has 3 rings (SSSR count). The van der Waals surface area contributed by atoms with Crippen molar-refractivity contribution >= 4 is 35.3 Å². The average Bonchev–Trinajstić information content (AvgIpc) is 3.31. The number of rotatable bonds is 9. The number of carbonyl (C=O) groups is 3. The first-order valence-corrected chi connectivity index (χ1v) is 10.8. The van der Waals surface area contributed by atoms with E-state index in [0.29, 0.717) is 18.4 Å². The maximum absolute atomic E-state index is 14.7. The van der Waals surface area contributed by atoms with Crippen molar-refractivity contribution in [1.29, 1.82) is 5.41 Å². The van der Waals surface area contributed by atoms with E-state index in [4.69, 9.17) is 15.9 Å². The second kappa shape index (κ2) is 11.3. The number of hydrogen-bond acceptors (Lipinski definition) is 7. The molecule has 202 valence electrons. The Hall–Kier alpha value is -4.40. The number of primary amides is 1. The molecule has 1 fully saturated rings. The number of carbonyl (C=O) groups excluding carboxylic acids is 3.